The maximum absolute atomic E-state index is 11.5. The van der Waals surface area contributed by atoms with Crippen LogP contribution in [0.2, 0.25) is 0 Å². The molecule has 0 aromatic heterocycles. The van der Waals surface area contributed by atoms with Crippen molar-refractivity contribution in [2.45, 2.75) is 26.2 Å². The largest absolute Gasteiger partial charge is 0.348 e. The molecule has 2 amide bonds. The van der Waals surface area contributed by atoms with Crippen molar-refractivity contribution in [3.63, 3.8) is 0 Å². The van der Waals surface area contributed by atoms with Gasteiger partial charge in [0.05, 0.1) is 0 Å². The highest BCUT2D eigenvalue weighted by Gasteiger charge is 2.13. The fraction of sp³-hybridized carbons (Fsp3) is 0.429. The van der Waals surface area contributed by atoms with Gasteiger partial charge >= 0.3 is 11.8 Å². The Morgan fingerprint density at radius 3 is 2.33 bits per heavy atom. The summed E-state index contributed by atoms with van der Waals surface area (Å²) < 4.78 is 0. The third kappa shape index (κ3) is 4.57. The lowest BCUT2D eigenvalue weighted by Crippen LogP contribution is -2.41. The van der Waals surface area contributed by atoms with Gasteiger partial charge in [-0.05, 0) is 17.9 Å². The van der Waals surface area contributed by atoms with Crippen LogP contribution >= 0.6 is 0 Å². The number of benzene rings is 1. The number of amides is 2. The van der Waals surface area contributed by atoms with Crippen molar-refractivity contribution in [3.05, 3.63) is 35.9 Å². The van der Waals surface area contributed by atoms with Gasteiger partial charge in [-0.1, -0.05) is 44.2 Å². The Bertz CT molecular complexity index is 390. The van der Waals surface area contributed by atoms with E-state index in [1.54, 1.807) is 0 Å². The molecular formula is C14H20N2O2. The van der Waals surface area contributed by atoms with Crippen molar-refractivity contribution < 1.29 is 9.59 Å². The van der Waals surface area contributed by atoms with Crippen LogP contribution in [0.1, 0.15) is 31.7 Å². The number of rotatable bonds is 5. The molecule has 4 heteroatoms. The summed E-state index contributed by atoms with van der Waals surface area (Å²) in [6.07, 6.45) is 0.819. The molecule has 0 heterocycles. The van der Waals surface area contributed by atoms with Gasteiger partial charge in [0.15, 0.2) is 0 Å². The fourth-order valence-corrected chi connectivity index (χ4v) is 1.54. The summed E-state index contributed by atoms with van der Waals surface area (Å²) in [6, 6.07) is 9.89. The molecule has 0 saturated carbocycles. The lowest BCUT2D eigenvalue weighted by Gasteiger charge is -2.12. The highest BCUT2D eigenvalue weighted by Crippen LogP contribution is 2.12. The van der Waals surface area contributed by atoms with Gasteiger partial charge in [-0.2, -0.15) is 0 Å². The van der Waals surface area contributed by atoms with E-state index >= 15 is 0 Å². The van der Waals surface area contributed by atoms with Crippen LogP contribution in [0.4, 0.5) is 0 Å². The molecule has 4 nitrogen and oxygen atoms in total. The van der Waals surface area contributed by atoms with Crippen molar-refractivity contribution in [2.24, 2.45) is 0 Å². The Labute approximate surface area is 108 Å². The van der Waals surface area contributed by atoms with Gasteiger partial charge in [0, 0.05) is 13.1 Å². The monoisotopic (exact) mass is 248 g/mol. The zero-order valence-corrected chi connectivity index (χ0v) is 10.9. The predicted octanol–water partition coefficient (Wildman–Crippen LogP) is 1.43. The molecule has 0 unspecified atom stereocenters. The van der Waals surface area contributed by atoms with E-state index in [2.05, 4.69) is 10.6 Å². The van der Waals surface area contributed by atoms with E-state index in [-0.39, 0.29) is 5.92 Å². The smallest absolute Gasteiger partial charge is 0.309 e. The molecule has 18 heavy (non-hydrogen) atoms. The van der Waals surface area contributed by atoms with Crippen molar-refractivity contribution >= 4 is 11.8 Å². The van der Waals surface area contributed by atoms with E-state index in [9.17, 15) is 9.59 Å². The molecule has 0 aliphatic heterocycles. The second-order valence-electron chi connectivity index (χ2n) is 4.28. The molecule has 0 aliphatic carbocycles. The van der Waals surface area contributed by atoms with Crippen LogP contribution in [0.3, 0.4) is 0 Å². The van der Waals surface area contributed by atoms with Gasteiger partial charge in [0.1, 0.15) is 0 Å². The maximum atomic E-state index is 11.5. The van der Waals surface area contributed by atoms with Crippen LogP contribution in [0, 0.1) is 0 Å². The van der Waals surface area contributed by atoms with Crippen molar-refractivity contribution in [3.8, 4) is 0 Å². The third-order valence-corrected chi connectivity index (χ3v) is 2.68. The molecule has 1 rings (SSSR count). The summed E-state index contributed by atoms with van der Waals surface area (Å²) in [5.74, 6) is -0.933. The minimum atomic E-state index is -0.564. The van der Waals surface area contributed by atoms with E-state index in [0.717, 1.165) is 12.0 Å². The Morgan fingerprint density at radius 1 is 1.11 bits per heavy atom. The Hall–Kier alpha value is -1.84. The molecular weight excluding hydrogens is 228 g/mol. The van der Waals surface area contributed by atoms with Gasteiger partial charge in [-0.3, -0.25) is 9.59 Å². The summed E-state index contributed by atoms with van der Waals surface area (Å²) >= 11 is 0. The summed E-state index contributed by atoms with van der Waals surface area (Å²) in [6.45, 7) is 4.94. The molecule has 0 bridgehead atoms. The number of hydrogen-bond acceptors (Lipinski definition) is 2. The molecule has 0 aliphatic rings. The van der Waals surface area contributed by atoms with Gasteiger partial charge in [-0.15, -0.1) is 0 Å². The average Bonchev–Trinajstić information content (AvgIpc) is 2.42. The summed E-state index contributed by atoms with van der Waals surface area (Å²) in [5.41, 5.74) is 1.15. The molecule has 1 aromatic carbocycles. The third-order valence-electron chi connectivity index (χ3n) is 2.68. The molecule has 0 fully saturated rings. The van der Waals surface area contributed by atoms with E-state index in [1.807, 2.05) is 44.2 Å². The molecule has 1 aromatic rings. The summed E-state index contributed by atoms with van der Waals surface area (Å²) in [5, 5.41) is 5.18. The first-order valence-corrected chi connectivity index (χ1v) is 6.26. The molecule has 0 saturated heterocycles. The van der Waals surface area contributed by atoms with Crippen molar-refractivity contribution in [1.82, 2.24) is 10.6 Å². The average molecular weight is 248 g/mol. The van der Waals surface area contributed by atoms with Gasteiger partial charge in [0.2, 0.25) is 0 Å². The van der Waals surface area contributed by atoms with Crippen molar-refractivity contribution in [1.29, 1.82) is 0 Å². The Balaban J connectivity index is 2.36. The second-order valence-corrected chi connectivity index (χ2v) is 4.28. The summed E-state index contributed by atoms with van der Waals surface area (Å²) in [4.78, 5) is 22.8. The normalized spacial score (nSPS) is 11.7. The number of hydrogen-bond donors (Lipinski definition) is 2. The van der Waals surface area contributed by atoms with Crippen LogP contribution < -0.4 is 10.6 Å². The first-order valence-electron chi connectivity index (χ1n) is 6.26. The van der Waals surface area contributed by atoms with Gasteiger partial charge in [0.25, 0.3) is 0 Å². The first-order chi connectivity index (χ1) is 8.65. The van der Waals surface area contributed by atoms with Crippen LogP contribution in [0.15, 0.2) is 30.3 Å². The minimum Gasteiger partial charge on any atom is -0.348 e. The highest BCUT2D eigenvalue weighted by molar-refractivity contribution is 6.35. The van der Waals surface area contributed by atoms with Crippen LogP contribution in [-0.2, 0) is 9.59 Å². The van der Waals surface area contributed by atoms with E-state index in [4.69, 9.17) is 0 Å². The molecule has 1 atom stereocenters. The van der Waals surface area contributed by atoms with Crippen LogP contribution in [0.25, 0.3) is 0 Å². The van der Waals surface area contributed by atoms with Gasteiger partial charge < -0.3 is 10.6 Å². The van der Waals surface area contributed by atoms with Crippen LogP contribution in [-0.4, -0.2) is 24.9 Å². The summed E-state index contributed by atoms with van der Waals surface area (Å²) in [7, 11) is 0. The molecule has 2 N–H and O–H groups in total. The van der Waals surface area contributed by atoms with Gasteiger partial charge in [-0.25, -0.2) is 0 Å². The standard InChI is InChI=1S/C14H20N2O2/c1-3-9-15-13(17)14(18)16-10-11(2)12-7-5-4-6-8-12/h4-8,11H,3,9-10H2,1-2H3,(H,15,17)(H,16,18)/t11-/m0/s1. The second kappa shape index (κ2) is 7.48. The zero-order valence-electron chi connectivity index (χ0n) is 10.9. The molecule has 0 radical (unpaired) electrons. The number of carbonyl (C=O) groups excluding carboxylic acids is 2. The fourth-order valence-electron chi connectivity index (χ4n) is 1.54. The minimum absolute atomic E-state index is 0.189. The zero-order chi connectivity index (χ0) is 13.4. The maximum Gasteiger partial charge on any atom is 0.309 e. The van der Waals surface area contributed by atoms with E-state index in [1.165, 1.54) is 0 Å². The topological polar surface area (TPSA) is 58.2 Å². The van der Waals surface area contributed by atoms with E-state index < -0.39 is 11.8 Å². The Kier molecular flexibility index (Phi) is 5.91. The lowest BCUT2D eigenvalue weighted by atomic mass is 10.0. The van der Waals surface area contributed by atoms with Crippen molar-refractivity contribution in [2.75, 3.05) is 13.1 Å². The Morgan fingerprint density at radius 2 is 1.72 bits per heavy atom. The molecule has 0 spiro atoms. The first kappa shape index (κ1) is 14.2. The SMILES string of the molecule is CCCNC(=O)C(=O)NC[C@H](C)c1ccccc1. The molecule has 98 valence electrons. The lowest BCUT2D eigenvalue weighted by molar-refractivity contribution is -0.139. The highest BCUT2D eigenvalue weighted by atomic mass is 16.2. The number of nitrogens with one attached hydrogen (secondary N) is 2. The number of carbonyl (C=O) groups is 2. The van der Waals surface area contributed by atoms with E-state index in [0.29, 0.717) is 13.1 Å². The predicted molar refractivity (Wildman–Crippen MR) is 71.2 cm³/mol. The van der Waals surface area contributed by atoms with Crippen LogP contribution in [0.5, 0.6) is 0 Å². The quantitative estimate of drug-likeness (QED) is 0.774.